The van der Waals surface area contributed by atoms with Gasteiger partial charge in [0.1, 0.15) is 5.75 Å². The smallest absolute Gasteiger partial charge is 0.343 e. The molecule has 4 heteroatoms. The minimum absolute atomic E-state index is 0.329. The Morgan fingerprint density at radius 3 is 2.56 bits per heavy atom. The van der Waals surface area contributed by atoms with Gasteiger partial charge in [0.05, 0.1) is 11.3 Å². The van der Waals surface area contributed by atoms with E-state index in [-0.39, 0.29) is 0 Å². The predicted octanol–water partition coefficient (Wildman–Crippen LogP) is 2.87. The van der Waals surface area contributed by atoms with E-state index < -0.39 is 5.97 Å². The van der Waals surface area contributed by atoms with Crippen molar-refractivity contribution in [3.05, 3.63) is 60.2 Å². The molecule has 2 aromatic rings. The number of carbonyl (C=O) groups is 1. The second-order valence-corrected chi connectivity index (χ2v) is 3.46. The molecule has 0 N–H and O–H groups in total. The summed E-state index contributed by atoms with van der Waals surface area (Å²) in [6, 6.07) is 15.0. The molecule has 0 amide bonds. The Bertz CT molecular complexity index is 601. The lowest BCUT2D eigenvalue weighted by atomic mass is 10.2. The van der Waals surface area contributed by atoms with Crippen molar-refractivity contribution in [2.45, 2.75) is 0 Å². The van der Waals surface area contributed by atoms with Crippen LogP contribution in [-0.2, 0) is 4.79 Å². The van der Waals surface area contributed by atoms with Crippen LogP contribution in [0.2, 0.25) is 0 Å². The fourth-order valence-corrected chi connectivity index (χ4v) is 1.41. The number of para-hydroxylation sites is 1. The molecule has 4 nitrogen and oxygen atoms in total. The number of aliphatic imine (C=N–C) groups is 1. The van der Waals surface area contributed by atoms with E-state index in [1.807, 2.05) is 6.07 Å². The Hall–Kier alpha value is -2.71. The molecule has 0 fully saturated rings. The molecule has 0 aliphatic rings. The normalized spacial score (nSPS) is 9.33. The Kier molecular flexibility index (Phi) is 3.64. The van der Waals surface area contributed by atoms with Gasteiger partial charge in [-0.2, -0.15) is 4.99 Å². The van der Waals surface area contributed by atoms with Crippen molar-refractivity contribution in [2.24, 2.45) is 4.99 Å². The molecular weight excluding hydrogens is 230 g/mol. The second kappa shape index (κ2) is 5.57. The first-order valence-corrected chi connectivity index (χ1v) is 5.25. The van der Waals surface area contributed by atoms with E-state index in [2.05, 4.69) is 4.99 Å². The van der Waals surface area contributed by atoms with Crippen LogP contribution < -0.4 is 4.74 Å². The molecule has 0 unspecified atom stereocenters. The summed E-state index contributed by atoms with van der Waals surface area (Å²) in [7, 11) is 0. The van der Waals surface area contributed by atoms with Gasteiger partial charge in [-0.25, -0.2) is 9.59 Å². The van der Waals surface area contributed by atoms with E-state index in [1.54, 1.807) is 42.5 Å². The molecule has 0 saturated heterocycles. The average molecular weight is 239 g/mol. The van der Waals surface area contributed by atoms with Crippen molar-refractivity contribution in [1.29, 1.82) is 0 Å². The molecule has 0 spiro atoms. The number of esters is 1. The highest BCUT2D eigenvalue weighted by Gasteiger charge is 2.08. The third kappa shape index (κ3) is 2.90. The van der Waals surface area contributed by atoms with Crippen LogP contribution in [0.15, 0.2) is 59.6 Å². The summed E-state index contributed by atoms with van der Waals surface area (Å²) >= 11 is 0. The zero-order chi connectivity index (χ0) is 12.8. The standard InChI is InChI=1S/C14H9NO3/c16-10-15-12-6-4-5-11(9-12)14(17)18-13-7-2-1-3-8-13/h1-9H. The molecule has 2 rings (SSSR count). The number of ether oxygens (including phenoxy) is 1. The van der Waals surface area contributed by atoms with E-state index in [4.69, 9.17) is 4.74 Å². The molecule has 2 aromatic carbocycles. The number of benzene rings is 2. The molecule has 0 radical (unpaired) electrons. The first-order valence-electron chi connectivity index (χ1n) is 5.25. The molecule has 0 aliphatic carbocycles. The zero-order valence-corrected chi connectivity index (χ0v) is 9.37. The minimum Gasteiger partial charge on any atom is -0.423 e. The summed E-state index contributed by atoms with van der Waals surface area (Å²) < 4.78 is 5.15. The van der Waals surface area contributed by atoms with Crippen LogP contribution in [0, 0.1) is 0 Å². The lowest BCUT2D eigenvalue weighted by Gasteiger charge is -2.03. The van der Waals surface area contributed by atoms with Gasteiger partial charge in [-0.1, -0.05) is 24.3 Å². The number of carbonyl (C=O) groups excluding carboxylic acids is 2. The Balaban J connectivity index is 2.19. The van der Waals surface area contributed by atoms with Crippen molar-refractivity contribution in [3.8, 4) is 5.75 Å². The second-order valence-electron chi connectivity index (χ2n) is 3.46. The number of rotatable bonds is 3. The first kappa shape index (κ1) is 11.8. The van der Waals surface area contributed by atoms with E-state index in [0.29, 0.717) is 17.0 Å². The van der Waals surface area contributed by atoms with Gasteiger partial charge in [0.15, 0.2) is 0 Å². The van der Waals surface area contributed by atoms with Crippen molar-refractivity contribution in [2.75, 3.05) is 0 Å². The number of isocyanates is 1. The van der Waals surface area contributed by atoms with Gasteiger partial charge in [0.25, 0.3) is 0 Å². The van der Waals surface area contributed by atoms with E-state index >= 15 is 0 Å². The summed E-state index contributed by atoms with van der Waals surface area (Å²) in [6.07, 6.45) is 1.42. The van der Waals surface area contributed by atoms with Gasteiger partial charge in [-0.3, -0.25) is 0 Å². The predicted molar refractivity (Wildman–Crippen MR) is 65.6 cm³/mol. The molecule has 0 heterocycles. The zero-order valence-electron chi connectivity index (χ0n) is 9.37. The molecule has 0 bridgehead atoms. The maximum absolute atomic E-state index is 11.8. The molecule has 0 aliphatic heterocycles. The van der Waals surface area contributed by atoms with E-state index in [1.165, 1.54) is 12.1 Å². The Labute approximate surface area is 104 Å². The van der Waals surface area contributed by atoms with Crippen LogP contribution in [0.3, 0.4) is 0 Å². The maximum atomic E-state index is 11.8. The number of nitrogens with zero attached hydrogens (tertiary/aromatic N) is 1. The van der Waals surface area contributed by atoms with Crippen LogP contribution in [0.1, 0.15) is 10.4 Å². The molecule has 0 atom stereocenters. The molecule has 0 aromatic heterocycles. The minimum atomic E-state index is -0.496. The SMILES string of the molecule is O=C=Nc1cccc(C(=O)Oc2ccccc2)c1. The monoisotopic (exact) mass is 239 g/mol. The third-order valence-corrected chi connectivity index (χ3v) is 2.21. The van der Waals surface area contributed by atoms with E-state index in [0.717, 1.165) is 0 Å². The molecule has 88 valence electrons. The highest BCUT2D eigenvalue weighted by atomic mass is 16.5. The highest BCUT2D eigenvalue weighted by molar-refractivity contribution is 5.92. The van der Waals surface area contributed by atoms with Crippen molar-refractivity contribution < 1.29 is 14.3 Å². The van der Waals surface area contributed by atoms with Crippen LogP contribution in [0.5, 0.6) is 5.75 Å². The molecule has 18 heavy (non-hydrogen) atoms. The Morgan fingerprint density at radius 2 is 1.83 bits per heavy atom. The van der Waals surface area contributed by atoms with Crippen molar-refractivity contribution in [3.63, 3.8) is 0 Å². The van der Waals surface area contributed by atoms with Crippen LogP contribution in [0.4, 0.5) is 5.69 Å². The van der Waals surface area contributed by atoms with Gasteiger partial charge in [0.2, 0.25) is 6.08 Å². The van der Waals surface area contributed by atoms with Gasteiger partial charge in [0, 0.05) is 0 Å². The summed E-state index contributed by atoms with van der Waals surface area (Å²) in [4.78, 5) is 25.4. The van der Waals surface area contributed by atoms with Gasteiger partial charge >= 0.3 is 5.97 Å². The maximum Gasteiger partial charge on any atom is 0.343 e. The van der Waals surface area contributed by atoms with Gasteiger partial charge in [-0.15, -0.1) is 0 Å². The summed E-state index contributed by atoms with van der Waals surface area (Å²) in [5.74, 6) is -0.0315. The fraction of sp³-hybridized carbons (Fsp3) is 0. The fourth-order valence-electron chi connectivity index (χ4n) is 1.41. The largest absolute Gasteiger partial charge is 0.423 e. The first-order chi connectivity index (χ1) is 8.79. The summed E-state index contributed by atoms with van der Waals surface area (Å²) in [5, 5.41) is 0. The van der Waals surface area contributed by atoms with Gasteiger partial charge in [-0.05, 0) is 30.3 Å². The quantitative estimate of drug-likeness (QED) is 0.358. The van der Waals surface area contributed by atoms with Crippen LogP contribution in [0.25, 0.3) is 0 Å². The highest BCUT2D eigenvalue weighted by Crippen LogP contribution is 2.16. The number of hydrogen-bond acceptors (Lipinski definition) is 4. The topological polar surface area (TPSA) is 55.7 Å². The van der Waals surface area contributed by atoms with Crippen LogP contribution >= 0.6 is 0 Å². The van der Waals surface area contributed by atoms with Crippen molar-refractivity contribution >= 4 is 17.7 Å². The average Bonchev–Trinajstić information content (AvgIpc) is 2.40. The van der Waals surface area contributed by atoms with Crippen LogP contribution in [-0.4, -0.2) is 12.0 Å². The number of hydrogen-bond donors (Lipinski definition) is 0. The lowest BCUT2D eigenvalue weighted by Crippen LogP contribution is -2.07. The lowest BCUT2D eigenvalue weighted by molar-refractivity contribution is 0.0735. The van der Waals surface area contributed by atoms with Crippen molar-refractivity contribution in [1.82, 2.24) is 0 Å². The molecular formula is C14H9NO3. The van der Waals surface area contributed by atoms with Gasteiger partial charge < -0.3 is 4.74 Å². The summed E-state index contributed by atoms with van der Waals surface area (Å²) in [5.41, 5.74) is 0.697. The molecule has 0 saturated carbocycles. The Morgan fingerprint density at radius 1 is 1.06 bits per heavy atom. The summed E-state index contributed by atoms with van der Waals surface area (Å²) in [6.45, 7) is 0. The van der Waals surface area contributed by atoms with E-state index in [9.17, 15) is 9.59 Å². The third-order valence-electron chi connectivity index (χ3n) is 2.21.